The predicted molar refractivity (Wildman–Crippen MR) is 56.2 cm³/mol. The van der Waals surface area contributed by atoms with Crippen LogP contribution in [0.4, 0.5) is 5.13 Å². The van der Waals surface area contributed by atoms with Crippen molar-refractivity contribution < 1.29 is 8.42 Å². The van der Waals surface area contributed by atoms with Crippen LogP contribution in [0.3, 0.4) is 0 Å². The lowest BCUT2D eigenvalue weighted by Gasteiger charge is -1.97. The minimum absolute atomic E-state index is 0.143. The van der Waals surface area contributed by atoms with Gasteiger partial charge in [-0.3, -0.25) is 0 Å². The zero-order chi connectivity index (χ0) is 10.9. The number of nitrogens with zero attached hydrogens (tertiary/aromatic N) is 2. The highest BCUT2D eigenvalue weighted by Crippen LogP contribution is 2.19. The Labute approximate surface area is 90.7 Å². The van der Waals surface area contributed by atoms with E-state index in [1.807, 2.05) is 0 Å². The highest BCUT2D eigenvalue weighted by molar-refractivity contribution is 7.91. The number of benzene rings is 1. The minimum atomic E-state index is -3.61. The second-order valence-corrected chi connectivity index (χ2v) is 5.36. The molecule has 2 N–H and O–H groups in total. The Morgan fingerprint density at radius 2 is 1.87 bits per heavy atom. The molecule has 78 valence electrons. The molecular formula is C8H7N3O2S2. The molecule has 0 radical (unpaired) electrons. The van der Waals surface area contributed by atoms with Gasteiger partial charge in [-0.15, -0.1) is 0 Å². The van der Waals surface area contributed by atoms with Gasteiger partial charge in [0.05, 0.1) is 4.90 Å². The van der Waals surface area contributed by atoms with Crippen LogP contribution in [0, 0.1) is 0 Å². The van der Waals surface area contributed by atoms with Crippen molar-refractivity contribution in [3.63, 3.8) is 0 Å². The Bertz CT molecular complexity index is 563. The first-order valence-electron chi connectivity index (χ1n) is 4.00. The third kappa shape index (κ3) is 1.83. The van der Waals surface area contributed by atoms with Gasteiger partial charge in [0, 0.05) is 11.5 Å². The summed E-state index contributed by atoms with van der Waals surface area (Å²) >= 11 is 0.863. The molecule has 0 amide bonds. The maximum Gasteiger partial charge on any atom is 0.265 e. The Kier molecular flexibility index (Phi) is 2.41. The molecule has 0 unspecified atom stereocenters. The van der Waals surface area contributed by atoms with Crippen LogP contribution in [0.25, 0.3) is 0 Å². The lowest BCUT2D eigenvalue weighted by Crippen LogP contribution is -2.03. The van der Waals surface area contributed by atoms with Gasteiger partial charge in [0.1, 0.15) is 0 Å². The van der Waals surface area contributed by atoms with E-state index in [-0.39, 0.29) is 15.2 Å². The van der Waals surface area contributed by atoms with Crippen molar-refractivity contribution in [1.29, 1.82) is 0 Å². The van der Waals surface area contributed by atoms with Crippen molar-refractivity contribution in [3.8, 4) is 0 Å². The second kappa shape index (κ2) is 3.59. The van der Waals surface area contributed by atoms with E-state index in [1.54, 1.807) is 18.2 Å². The molecule has 0 aliphatic heterocycles. The summed E-state index contributed by atoms with van der Waals surface area (Å²) in [6, 6.07) is 8.01. The zero-order valence-corrected chi connectivity index (χ0v) is 9.12. The Balaban J connectivity index is 2.54. The lowest BCUT2D eigenvalue weighted by molar-refractivity contribution is 0.589. The number of aromatic nitrogens is 2. The molecule has 0 fully saturated rings. The maximum absolute atomic E-state index is 11.9. The van der Waals surface area contributed by atoms with Crippen LogP contribution in [-0.2, 0) is 9.84 Å². The van der Waals surface area contributed by atoms with Crippen LogP contribution in [0.5, 0.6) is 0 Å². The monoisotopic (exact) mass is 241 g/mol. The first-order chi connectivity index (χ1) is 7.10. The molecule has 0 saturated heterocycles. The SMILES string of the molecule is Nc1nc(S(=O)(=O)c2ccccc2)ns1. The molecule has 0 spiro atoms. The number of rotatable bonds is 2. The second-order valence-electron chi connectivity index (χ2n) is 2.73. The average Bonchev–Trinajstić information content (AvgIpc) is 2.67. The van der Waals surface area contributed by atoms with Crippen LogP contribution in [0.15, 0.2) is 40.4 Å². The molecule has 0 saturated carbocycles. The molecule has 5 nitrogen and oxygen atoms in total. The standard InChI is InChI=1S/C8H7N3O2S2/c9-7-10-8(11-14-7)15(12,13)6-4-2-1-3-5-6/h1-5H,(H2,9,10,11). The summed E-state index contributed by atoms with van der Waals surface area (Å²) in [6.07, 6.45) is 0. The molecule has 2 rings (SSSR count). The topological polar surface area (TPSA) is 85.9 Å². The molecule has 1 aromatic carbocycles. The van der Waals surface area contributed by atoms with Crippen molar-refractivity contribution in [3.05, 3.63) is 30.3 Å². The molecule has 0 aliphatic rings. The molecule has 0 atom stereocenters. The van der Waals surface area contributed by atoms with E-state index in [0.717, 1.165) is 11.5 Å². The van der Waals surface area contributed by atoms with Crippen LogP contribution in [0.1, 0.15) is 0 Å². The quantitative estimate of drug-likeness (QED) is 0.846. The highest BCUT2D eigenvalue weighted by atomic mass is 32.2. The van der Waals surface area contributed by atoms with Gasteiger partial charge in [0.15, 0.2) is 0 Å². The van der Waals surface area contributed by atoms with Crippen LogP contribution < -0.4 is 5.73 Å². The maximum atomic E-state index is 11.9. The number of hydrogen-bond acceptors (Lipinski definition) is 6. The first kappa shape index (κ1) is 10.1. The Hall–Kier alpha value is -1.47. The van der Waals surface area contributed by atoms with Crippen molar-refractivity contribution in [1.82, 2.24) is 9.36 Å². The van der Waals surface area contributed by atoms with E-state index in [4.69, 9.17) is 5.73 Å². The first-order valence-corrected chi connectivity index (χ1v) is 6.26. The fourth-order valence-corrected chi connectivity index (χ4v) is 2.88. The summed E-state index contributed by atoms with van der Waals surface area (Å²) < 4.78 is 27.4. The number of sulfone groups is 1. The van der Waals surface area contributed by atoms with Crippen LogP contribution in [-0.4, -0.2) is 17.8 Å². The van der Waals surface area contributed by atoms with Crippen LogP contribution >= 0.6 is 11.5 Å². The number of anilines is 1. The summed E-state index contributed by atoms with van der Waals surface area (Å²) in [7, 11) is -3.61. The largest absolute Gasteiger partial charge is 0.374 e. The van der Waals surface area contributed by atoms with Gasteiger partial charge in [-0.1, -0.05) is 18.2 Å². The number of hydrogen-bond donors (Lipinski definition) is 1. The zero-order valence-electron chi connectivity index (χ0n) is 7.49. The van der Waals surface area contributed by atoms with Gasteiger partial charge in [-0.05, 0) is 12.1 Å². The van der Waals surface area contributed by atoms with Gasteiger partial charge >= 0.3 is 0 Å². The summed E-state index contributed by atoms with van der Waals surface area (Å²) in [5.41, 5.74) is 5.33. The highest BCUT2D eigenvalue weighted by Gasteiger charge is 2.21. The molecule has 15 heavy (non-hydrogen) atoms. The predicted octanol–water partition coefficient (Wildman–Crippen LogP) is 0.953. The Morgan fingerprint density at radius 1 is 1.20 bits per heavy atom. The normalized spacial score (nSPS) is 11.5. The molecule has 0 bridgehead atoms. The molecule has 1 aromatic heterocycles. The number of nitrogens with two attached hydrogens (primary N) is 1. The minimum Gasteiger partial charge on any atom is -0.374 e. The van der Waals surface area contributed by atoms with E-state index in [0.29, 0.717) is 0 Å². The molecule has 2 aromatic rings. The summed E-state index contributed by atoms with van der Waals surface area (Å²) in [5, 5.41) is -0.0966. The van der Waals surface area contributed by atoms with Gasteiger partial charge in [-0.2, -0.15) is 9.36 Å². The third-order valence-electron chi connectivity index (χ3n) is 1.72. The van der Waals surface area contributed by atoms with E-state index in [1.165, 1.54) is 12.1 Å². The Morgan fingerprint density at radius 3 is 2.40 bits per heavy atom. The van der Waals surface area contributed by atoms with Gasteiger partial charge in [-0.25, -0.2) is 8.42 Å². The average molecular weight is 241 g/mol. The molecular weight excluding hydrogens is 234 g/mol. The summed E-state index contributed by atoms with van der Waals surface area (Å²) in [4.78, 5) is 3.83. The van der Waals surface area contributed by atoms with E-state index in [9.17, 15) is 8.42 Å². The summed E-state index contributed by atoms with van der Waals surface area (Å²) in [5.74, 6) is 0. The molecule has 1 heterocycles. The fourth-order valence-electron chi connectivity index (χ4n) is 1.04. The van der Waals surface area contributed by atoms with E-state index < -0.39 is 9.84 Å². The van der Waals surface area contributed by atoms with Crippen molar-refractivity contribution in [2.24, 2.45) is 0 Å². The smallest absolute Gasteiger partial charge is 0.265 e. The van der Waals surface area contributed by atoms with Gasteiger partial charge in [0.25, 0.3) is 5.16 Å². The molecule has 7 heteroatoms. The third-order valence-corrected chi connectivity index (χ3v) is 3.93. The van der Waals surface area contributed by atoms with Crippen molar-refractivity contribution >= 4 is 26.5 Å². The van der Waals surface area contributed by atoms with E-state index >= 15 is 0 Å². The van der Waals surface area contributed by atoms with Crippen molar-refractivity contribution in [2.75, 3.05) is 5.73 Å². The fraction of sp³-hybridized carbons (Fsp3) is 0. The summed E-state index contributed by atoms with van der Waals surface area (Å²) in [6.45, 7) is 0. The lowest BCUT2D eigenvalue weighted by atomic mass is 10.4. The van der Waals surface area contributed by atoms with Crippen molar-refractivity contribution in [2.45, 2.75) is 10.1 Å². The van der Waals surface area contributed by atoms with Gasteiger partial charge in [0.2, 0.25) is 15.0 Å². The van der Waals surface area contributed by atoms with Gasteiger partial charge < -0.3 is 5.73 Å². The van der Waals surface area contributed by atoms with E-state index in [2.05, 4.69) is 9.36 Å². The number of nitrogen functional groups attached to an aromatic ring is 1. The van der Waals surface area contributed by atoms with Crippen LogP contribution in [0.2, 0.25) is 0 Å². The molecule has 0 aliphatic carbocycles.